The molecule has 2 aromatic heterocycles. The number of guanidine groups is 1. The molecule has 0 saturated heterocycles. The molecule has 0 aliphatic heterocycles. The Kier molecular flexibility index (Phi) is 6.47. The largest absolute Gasteiger partial charge is 0.487 e. The highest BCUT2D eigenvalue weighted by molar-refractivity contribution is 5.82. The molecule has 4 aromatic rings. The standard InChI is InChI=1S/C25H26N4O2/c1-18-22-8-3-4-9-23(22)31-24(18)16-29-25(26-2)28-15-19-10-12-21(13-11-19)30-17-20-7-5-6-14-27-20/h3-14H,15-17H2,1-2H3,(H2,26,28,29). The van der Waals surface area contributed by atoms with Crippen molar-refractivity contribution < 1.29 is 9.15 Å². The average molecular weight is 415 g/mol. The number of nitrogens with one attached hydrogen (secondary N) is 2. The molecule has 0 fully saturated rings. The van der Waals surface area contributed by atoms with Gasteiger partial charge in [0.2, 0.25) is 0 Å². The van der Waals surface area contributed by atoms with Gasteiger partial charge in [0.25, 0.3) is 0 Å². The normalized spacial score (nSPS) is 11.5. The molecule has 2 N–H and O–H groups in total. The topological polar surface area (TPSA) is 71.7 Å². The zero-order chi connectivity index (χ0) is 21.5. The fourth-order valence-corrected chi connectivity index (χ4v) is 3.31. The molecule has 0 bridgehead atoms. The third kappa shape index (κ3) is 5.22. The summed E-state index contributed by atoms with van der Waals surface area (Å²) in [6, 6.07) is 21.9. The van der Waals surface area contributed by atoms with Gasteiger partial charge in [0, 0.05) is 30.7 Å². The van der Waals surface area contributed by atoms with E-state index in [0.717, 1.165) is 45.3 Å². The number of hydrogen-bond donors (Lipinski definition) is 2. The Morgan fingerprint density at radius 1 is 0.968 bits per heavy atom. The fraction of sp³-hybridized carbons (Fsp3) is 0.200. The van der Waals surface area contributed by atoms with Crippen molar-refractivity contribution in [2.75, 3.05) is 7.05 Å². The molecule has 0 aliphatic carbocycles. The van der Waals surface area contributed by atoms with Crippen LogP contribution < -0.4 is 15.4 Å². The lowest BCUT2D eigenvalue weighted by Gasteiger charge is -2.12. The van der Waals surface area contributed by atoms with Gasteiger partial charge < -0.3 is 19.8 Å². The van der Waals surface area contributed by atoms with Gasteiger partial charge in [0.05, 0.1) is 12.2 Å². The highest BCUT2D eigenvalue weighted by atomic mass is 16.5. The smallest absolute Gasteiger partial charge is 0.191 e. The molecule has 31 heavy (non-hydrogen) atoms. The monoisotopic (exact) mass is 414 g/mol. The van der Waals surface area contributed by atoms with Crippen molar-refractivity contribution in [1.82, 2.24) is 15.6 Å². The van der Waals surface area contributed by atoms with E-state index < -0.39 is 0 Å². The van der Waals surface area contributed by atoms with E-state index in [2.05, 4.69) is 33.6 Å². The molecule has 6 heteroatoms. The van der Waals surface area contributed by atoms with E-state index in [1.54, 1.807) is 13.2 Å². The minimum absolute atomic E-state index is 0.455. The number of furan rings is 1. The number of hydrogen-bond acceptors (Lipinski definition) is 4. The second-order valence-electron chi connectivity index (χ2n) is 7.18. The van der Waals surface area contributed by atoms with Crippen molar-refractivity contribution >= 4 is 16.9 Å². The Labute approximate surface area is 182 Å². The van der Waals surface area contributed by atoms with E-state index in [1.807, 2.05) is 60.7 Å². The average Bonchev–Trinajstić information content (AvgIpc) is 3.15. The number of aliphatic imine (C=N–C) groups is 1. The van der Waals surface area contributed by atoms with Gasteiger partial charge in [-0.15, -0.1) is 0 Å². The van der Waals surface area contributed by atoms with Gasteiger partial charge in [0.1, 0.15) is 23.7 Å². The predicted molar refractivity (Wildman–Crippen MR) is 123 cm³/mol. The van der Waals surface area contributed by atoms with Crippen LogP contribution in [0, 0.1) is 6.92 Å². The highest BCUT2D eigenvalue weighted by Gasteiger charge is 2.10. The number of para-hydroxylation sites is 1. The SMILES string of the molecule is CN=C(NCc1ccc(OCc2ccccn2)cc1)NCc1oc2ccccc2c1C. The van der Waals surface area contributed by atoms with Crippen LogP contribution in [0.15, 0.2) is 82.3 Å². The third-order valence-electron chi connectivity index (χ3n) is 5.08. The van der Waals surface area contributed by atoms with Crippen LogP contribution in [0.1, 0.15) is 22.6 Å². The lowest BCUT2D eigenvalue weighted by atomic mass is 10.1. The molecule has 0 unspecified atom stereocenters. The Bertz CT molecular complexity index is 1150. The van der Waals surface area contributed by atoms with Gasteiger partial charge in [-0.1, -0.05) is 36.4 Å². The maximum absolute atomic E-state index is 5.96. The molecular weight excluding hydrogens is 388 g/mol. The van der Waals surface area contributed by atoms with E-state index in [0.29, 0.717) is 19.7 Å². The first kappa shape index (κ1) is 20.5. The van der Waals surface area contributed by atoms with Crippen LogP contribution in [0.25, 0.3) is 11.0 Å². The molecule has 0 spiro atoms. The quantitative estimate of drug-likeness (QED) is 0.342. The lowest BCUT2D eigenvalue weighted by Crippen LogP contribution is -2.36. The Morgan fingerprint density at radius 3 is 2.48 bits per heavy atom. The van der Waals surface area contributed by atoms with Crippen molar-refractivity contribution in [2.24, 2.45) is 4.99 Å². The number of fused-ring (bicyclic) bond motifs is 1. The van der Waals surface area contributed by atoms with Crippen LogP contribution >= 0.6 is 0 Å². The summed E-state index contributed by atoms with van der Waals surface area (Å²) in [6.07, 6.45) is 1.77. The predicted octanol–water partition coefficient (Wildman–Crippen LogP) is 4.58. The molecule has 2 heterocycles. The van der Waals surface area contributed by atoms with Crippen molar-refractivity contribution in [2.45, 2.75) is 26.6 Å². The summed E-state index contributed by atoms with van der Waals surface area (Å²) in [4.78, 5) is 8.57. The zero-order valence-electron chi connectivity index (χ0n) is 17.8. The van der Waals surface area contributed by atoms with Crippen LogP contribution in [-0.2, 0) is 19.7 Å². The van der Waals surface area contributed by atoms with Gasteiger partial charge in [0.15, 0.2) is 5.96 Å². The van der Waals surface area contributed by atoms with Gasteiger partial charge in [-0.3, -0.25) is 9.98 Å². The Balaban J connectivity index is 1.27. The zero-order valence-corrected chi connectivity index (χ0v) is 17.8. The molecule has 2 aromatic carbocycles. The fourth-order valence-electron chi connectivity index (χ4n) is 3.31. The highest BCUT2D eigenvalue weighted by Crippen LogP contribution is 2.24. The molecule has 158 valence electrons. The summed E-state index contributed by atoms with van der Waals surface area (Å²) in [7, 11) is 1.76. The van der Waals surface area contributed by atoms with Crippen molar-refractivity contribution in [3.63, 3.8) is 0 Å². The van der Waals surface area contributed by atoms with E-state index in [1.165, 1.54) is 0 Å². The van der Waals surface area contributed by atoms with Gasteiger partial charge in [-0.25, -0.2) is 0 Å². The first-order chi connectivity index (χ1) is 15.2. The number of aryl methyl sites for hydroxylation is 1. The van der Waals surface area contributed by atoms with E-state index in [-0.39, 0.29) is 0 Å². The summed E-state index contributed by atoms with van der Waals surface area (Å²) < 4.78 is 11.7. The second-order valence-corrected chi connectivity index (χ2v) is 7.18. The van der Waals surface area contributed by atoms with Crippen LogP contribution in [-0.4, -0.2) is 18.0 Å². The number of nitrogens with zero attached hydrogens (tertiary/aromatic N) is 2. The second kappa shape index (κ2) is 9.80. The van der Waals surface area contributed by atoms with E-state index in [4.69, 9.17) is 9.15 Å². The molecule has 4 rings (SSSR count). The first-order valence-electron chi connectivity index (χ1n) is 10.3. The maximum Gasteiger partial charge on any atom is 0.191 e. The van der Waals surface area contributed by atoms with Crippen LogP contribution in [0.5, 0.6) is 5.75 Å². The summed E-state index contributed by atoms with van der Waals surface area (Å²) in [6.45, 7) is 3.76. The minimum Gasteiger partial charge on any atom is -0.487 e. The van der Waals surface area contributed by atoms with E-state index >= 15 is 0 Å². The van der Waals surface area contributed by atoms with Gasteiger partial charge in [-0.2, -0.15) is 0 Å². The summed E-state index contributed by atoms with van der Waals surface area (Å²) in [5.74, 6) is 2.45. The number of ether oxygens (including phenoxy) is 1. The van der Waals surface area contributed by atoms with Crippen molar-refractivity contribution in [3.05, 3.63) is 95.5 Å². The maximum atomic E-state index is 5.96. The van der Waals surface area contributed by atoms with Crippen molar-refractivity contribution in [3.8, 4) is 5.75 Å². The number of rotatable bonds is 7. The van der Waals surface area contributed by atoms with Crippen molar-refractivity contribution in [1.29, 1.82) is 0 Å². The summed E-state index contributed by atoms with van der Waals surface area (Å²) in [5, 5.41) is 7.80. The lowest BCUT2D eigenvalue weighted by molar-refractivity contribution is 0.301. The third-order valence-corrected chi connectivity index (χ3v) is 5.08. The minimum atomic E-state index is 0.455. The van der Waals surface area contributed by atoms with Crippen LogP contribution in [0.2, 0.25) is 0 Å². The molecule has 0 atom stereocenters. The number of aromatic nitrogens is 1. The Hall–Kier alpha value is -3.80. The molecular formula is C25H26N4O2. The first-order valence-corrected chi connectivity index (χ1v) is 10.3. The molecule has 0 radical (unpaired) electrons. The van der Waals surface area contributed by atoms with E-state index in [9.17, 15) is 0 Å². The van der Waals surface area contributed by atoms with Crippen LogP contribution in [0.3, 0.4) is 0 Å². The number of pyridine rings is 1. The summed E-state index contributed by atoms with van der Waals surface area (Å²) >= 11 is 0. The molecule has 6 nitrogen and oxygen atoms in total. The number of benzene rings is 2. The van der Waals surface area contributed by atoms with Gasteiger partial charge >= 0.3 is 0 Å². The Morgan fingerprint density at radius 2 is 1.74 bits per heavy atom. The molecule has 0 aliphatic rings. The van der Waals surface area contributed by atoms with Gasteiger partial charge in [-0.05, 0) is 42.8 Å². The molecule has 0 saturated carbocycles. The molecule has 0 amide bonds. The summed E-state index contributed by atoms with van der Waals surface area (Å²) in [5.41, 5.74) is 4.10. The van der Waals surface area contributed by atoms with Crippen LogP contribution in [0.4, 0.5) is 0 Å².